The summed E-state index contributed by atoms with van der Waals surface area (Å²) in [5.41, 5.74) is 2.05. The molecule has 0 saturated carbocycles. The number of piperazine rings is 1. The highest BCUT2D eigenvalue weighted by Gasteiger charge is 2.50. The Kier molecular flexibility index (Phi) is 4.93. The number of fused-ring (bicyclic) bond motifs is 1. The number of hydrogen-bond donors (Lipinski definition) is 2. The molecule has 0 aromatic rings. The van der Waals surface area contributed by atoms with Crippen molar-refractivity contribution in [3.8, 4) is 0 Å². The summed E-state index contributed by atoms with van der Waals surface area (Å²) >= 11 is 1.70. The number of thioether (sulfide) groups is 1. The molecule has 7 heteroatoms. The van der Waals surface area contributed by atoms with Crippen LogP contribution < -0.4 is 11.3 Å². The van der Waals surface area contributed by atoms with E-state index in [1.54, 1.807) is 11.8 Å². The Bertz CT molecular complexity index is 393. The van der Waals surface area contributed by atoms with E-state index >= 15 is 0 Å². The first-order valence-electron chi connectivity index (χ1n) is 7.18. The SMILES string of the molecule is CCCC[C@@]1(C)[C@@H]2SCC(=O)N2CCN1CC(=O)NN. The second kappa shape index (κ2) is 6.32. The second-order valence-electron chi connectivity index (χ2n) is 5.70. The van der Waals surface area contributed by atoms with Crippen LogP contribution in [0.25, 0.3) is 0 Å². The van der Waals surface area contributed by atoms with Crippen molar-refractivity contribution in [1.82, 2.24) is 15.2 Å². The number of rotatable bonds is 5. The highest BCUT2D eigenvalue weighted by molar-refractivity contribution is 8.01. The maximum absolute atomic E-state index is 11.9. The van der Waals surface area contributed by atoms with Crippen molar-refractivity contribution in [2.24, 2.45) is 5.84 Å². The minimum Gasteiger partial charge on any atom is -0.327 e. The minimum absolute atomic E-state index is 0.154. The van der Waals surface area contributed by atoms with Crippen LogP contribution in [0.2, 0.25) is 0 Å². The van der Waals surface area contributed by atoms with Gasteiger partial charge in [0, 0.05) is 18.6 Å². The van der Waals surface area contributed by atoms with Crippen LogP contribution in [0.1, 0.15) is 33.1 Å². The number of hydrazine groups is 1. The van der Waals surface area contributed by atoms with E-state index in [1.165, 1.54) is 0 Å². The molecule has 2 atom stereocenters. The van der Waals surface area contributed by atoms with Crippen LogP contribution in [0, 0.1) is 0 Å². The molecule has 3 N–H and O–H groups in total. The largest absolute Gasteiger partial charge is 0.327 e. The first-order valence-corrected chi connectivity index (χ1v) is 8.23. The van der Waals surface area contributed by atoms with Gasteiger partial charge in [0.25, 0.3) is 0 Å². The maximum Gasteiger partial charge on any atom is 0.248 e. The van der Waals surface area contributed by atoms with E-state index in [-0.39, 0.29) is 22.7 Å². The molecule has 2 saturated heterocycles. The molecule has 2 aliphatic rings. The predicted molar refractivity (Wildman–Crippen MR) is 79.8 cm³/mol. The first kappa shape index (κ1) is 15.6. The number of carbonyl (C=O) groups is 2. The predicted octanol–water partition coefficient (Wildman–Crippen LogP) is 0.142. The summed E-state index contributed by atoms with van der Waals surface area (Å²) in [6.45, 7) is 6.07. The van der Waals surface area contributed by atoms with E-state index in [4.69, 9.17) is 5.84 Å². The fourth-order valence-corrected chi connectivity index (χ4v) is 4.64. The van der Waals surface area contributed by atoms with Crippen molar-refractivity contribution < 1.29 is 9.59 Å². The first-order chi connectivity index (χ1) is 9.52. The molecule has 0 aliphatic carbocycles. The third kappa shape index (κ3) is 2.80. The number of carbonyl (C=O) groups excluding carboxylic acids is 2. The third-order valence-electron chi connectivity index (χ3n) is 4.37. The van der Waals surface area contributed by atoms with Crippen molar-refractivity contribution >= 4 is 23.6 Å². The molecule has 6 nitrogen and oxygen atoms in total. The van der Waals surface area contributed by atoms with E-state index < -0.39 is 0 Å². The highest BCUT2D eigenvalue weighted by Crippen LogP contribution is 2.42. The number of unbranched alkanes of at least 4 members (excludes halogenated alkanes) is 1. The molecule has 2 aliphatic heterocycles. The summed E-state index contributed by atoms with van der Waals surface area (Å²) < 4.78 is 0. The molecule has 0 spiro atoms. The van der Waals surface area contributed by atoms with Gasteiger partial charge in [-0.3, -0.25) is 19.9 Å². The van der Waals surface area contributed by atoms with Crippen LogP contribution >= 0.6 is 11.8 Å². The van der Waals surface area contributed by atoms with E-state index in [0.717, 1.165) is 25.8 Å². The molecule has 2 amide bonds. The molecule has 2 fully saturated rings. The zero-order valence-electron chi connectivity index (χ0n) is 12.2. The summed E-state index contributed by atoms with van der Waals surface area (Å²) in [7, 11) is 0. The van der Waals surface area contributed by atoms with Gasteiger partial charge in [0.1, 0.15) is 0 Å². The molecule has 2 heterocycles. The van der Waals surface area contributed by atoms with Gasteiger partial charge in [-0.25, -0.2) is 5.84 Å². The molecule has 0 aromatic carbocycles. The Balaban J connectivity index is 2.18. The third-order valence-corrected chi connectivity index (χ3v) is 5.86. The molecular formula is C13H24N4O2S. The quantitative estimate of drug-likeness (QED) is 0.429. The summed E-state index contributed by atoms with van der Waals surface area (Å²) in [5.74, 6) is 5.83. The Morgan fingerprint density at radius 3 is 2.95 bits per heavy atom. The van der Waals surface area contributed by atoms with Crippen molar-refractivity contribution in [1.29, 1.82) is 0 Å². The molecule has 0 radical (unpaired) electrons. The lowest BCUT2D eigenvalue weighted by Crippen LogP contribution is -2.66. The van der Waals surface area contributed by atoms with Gasteiger partial charge < -0.3 is 4.90 Å². The summed E-state index contributed by atoms with van der Waals surface area (Å²) in [5, 5.41) is 0.154. The molecular weight excluding hydrogens is 276 g/mol. The number of nitrogens with one attached hydrogen (secondary N) is 1. The van der Waals surface area contributed by atoms with Crippen molar-refractivity contribution in [2.45, 2.75) is 44.0 Å². The summed E-state index contributed by atoms with van der Waals surface area (Å²) in [6.07, 6.45) is 3.19. The fraction of sp³-hybridized carbons (Fsp3) is 0.846. The van der Waals surface area contributed by atoms with Gasteiger partial charge in [0.15, 0.2) is 0 Å². The number of nitrogens with zero attached hydrogens (tertiary/aromatic N) is 2. The van der Waals surface area contributed by atoms with E-state index in [0.29, 0.717) is 18.8 Å². The summed E-state index contributed by atoms with van der Waals surface area (Å²) in [6, 6.07) is 0. The van der Waals surface area contributed by atoms with Crippen molar-refractivity contribution in [3.63, 3.8) is 0 Å². The van der Waals surface area contributed by atoms with E-state index in [9.17, 15) is 9.59 Å². The summed E-state index contributed by atoms with van der Waals surface area (Å²) in [4.78, 5) is 27.8. The monoisotopic (exact) mass is 300 g/mol. The van der Waals surface area contributed by atoms with Gasteiger partial charge in [0.05, 0.1) is 17.7 Å². The number of amides is 2. The van der Waals surface area contributed by atoms with E-state index in [2.05, 4.69) is 24.2 Å². The standard InChI is InChI=1S/C13H24N4O2S/c1-3-4-5-13(2)12-17(11(19)9-20-12)7-6-16(13)8-10(18)15-14/h12H,3-9,14H2,1-2H3,(H,15,18)/t12-,13-/m0/s1. The van der Waals surface area contributed by atoms with Gasteiger partial charge in [-0.15, -0.1) is 11.8 Å². The van der Waals surface area contributed by atoms with Gasteiger partial charge in [-0.2, -0.15) is 0 Å². The molecule has 0 aromatic heterocycles. The molecule has 2 rings (SSSR count). The Morgan fingerprint density at radius 2 is 2.30 bits per heavy atom. The van der Waals surface area contributed by atoms with Gasteiger partial charge in [-0.05, 0) is 13.3 Å². The lowest BCUT2D eigenvalue weighted by atomic mass is 9.89. The molecule has 0 bridgehead atoms. The maximum atomic E-state index is 11.9. The molecule has 114 valence electrons. The zero-order chi connectivity index (χ0) is 14.8. The zero-order valence-corrected chi connectivity index (χ0v) is 13.0. The Morgan fingerprint density at radius 1 is 1.55 bits per heavy atom. The van der Waals surface area contributed by atoms with Gasteiger partial charge >= 0.3 is 0 Å². The number of hydrogen-bond acceptors (Lipinski definition) is 5. The lowest BCUT2D eigenvalue weighted by molar-refractivity contribution is -0.135. The van der Waals surface area contributed by atoms with Crippen LogP contribution in [0.3, 0.4) is 0 Å². The second-order valence-corrected chi connectivity index (χ2v) is 6.77. The average molecular weight is 300 g/mol. The van der Waals surface area contributed by atoms with Gasteiger partial charge in [0.2, 0.25) is 11.8 Å². The highest BCUT2D eigenvalue weighted by atomic mass is 32.2. The lowest BCUT2D eigenvalue weighted by Gasteiger charge is -2.51. The van der Waals surface area contributed by atoms with Crippen LogP contribution in [-0.2, 0) is 9.59 Å². The van der Waals surface area contributed by atoms with E-state index in [1.807, 2.05) is 4.90 Å². The average Bonchev–Trinajstić information content (AvgIpc) is 2.82. The van der Waals surface area contributed by atoms with Gasteiger partial charge in [-0.1, -0.05) is 19.8 Å². The van der Waals surface area contributed by atoms with Crippen LogP contribution in [0.5, 0.6) is 0 Å². The van der Waals surface area contributed by atoms with Crippen LogP contribution in [0.15, 0.2) is 0 Å². The topological polar surface area (TPSA) is 78.7 Å². The van der Waals surface area contributed by atoms with Crippen molar-refractivity contribution in [2.75, 3.05) is 25.4 Å². The Hall–Kier alpha value is -0.790. The number of nitrogens with two attached hydrogens (primary N) is 1. The van der Waals surface area contributed by atoms with Crippen LogP contribution in [0.4, 0.5) is 0 Å². The van der Waals surface area contributed by atoms with Crippen LogP contribution in [-0.4, -0.2) is 57.9 Å². The molecule has 20 heavy (non-hydrogen) atoms. The normalized spacial score (nSPS) is 30.4. The van der Waals surface area contributed by atoms with Crippen molar-refractivity contribution in [3.05, 3.63) is 0 Å². The minimum atomic E-state index is -0.171. The molecule has 0 unspecified atom stereocenters. The fourth-order valence-electron chi connectivity index (χ4n) is 3.15. The smallest absolute Gasteiger partial charge is 0.248 e. The Labute approximate surface area is 124 Å².